The van der Waals surface area contributed by atoms with E-state index < -0.39 is 23.2 Å². The number of nitrogens with one attached hydrogen (secondary N) is 1. The molecule has 3 aromatic rings. The van der Waals surface area contributed by atoms with Crippen molar-refractivity contribution in [2.24, 2.45) is 5.73 Å². The Labute approximate surface area is 180 Å². The second-order valence-corrected chi connectivity index (χ2v) is 7.28. The summed E-state index contributed by atoms with van der Waals surface area (Å²) in [6.07, 6.45) is 1.51. The molecule has 0 radical (unpaired) electrons. The summed E-state index contributed by atoms with van der Waals surface area (Å²) in [6.45, 7) is 0.305. The van der Waals surface area contributed by atoms with Crippen molar-refractivity contribution in [3.63, 3.8) is 0 Å². The van der Waals surface area contributed by atoms with Gasteiger partial charge in [0.25, 0.3) is 5.56 Å². The first-order valence-corrected chi connectivity index (χ1v) is 9.60. The van der Waals surface area contributed by atoms with Gasteiger partial charge in [0.05, 0.1) is 24.6 Å². The Hall–Kier alpha value is -3.59. The third kappa shape index (κ3) is 4.17. The minimum atomic E-state index is -0.746. The molecule has 2 aromatic carbocycles. The lowest BCUT2D eigenvalue weighted by molar-refractivity contribution is 0.254. The van der Waals surface area contributed by atoms with Gasteiger partial charge >= 0.3 is 6.03 Å². The lowest BCUT2D eigenvalue weighted by Gasteiger charge is -2.13. The van der Waals surface area contributed by atoms with E-state index in [1.54, 1.807) is 12.1 Å². The second kappa shape index (κ2) is 8.27. The van der Waals surface area contributed by atoms with Crippen LogP contribution in [0, 0.1) is 11.6 Å². The number of urea groups is 1. The molecule has 0 saturated heterocycles. The zero-order chi connectivity index (χ0) is 22.1. The number of ether oxygens (including phenoxy) is 1. The van der Waals surface area contributed by atoms with Crippen molar-refractivity contribution in [1.29, 1.82) is 0 Å². The summed E-state index contributed by atoms with van der Waals surface area (Å²) < 4.78 is 33.6. The first kappa shape index (κ1) is 20.7. The van der Waals surface area contributed by atoms with Crippen molar-refractivity contribution < 1.29 is 18.3 Å². The molecule has 1 aliphatic rings. The molecular weight excluding hydrogens is 430 g/mol. The van der Waals surface area contributed by atoms with E-state index >= 15 is 0 Å². The van der Waals surface area contributed by atoms with Crippen LogP contribution in [0.15, 0.2) is 53.5 Å². The van der Waals surface area contributed by atoms with E-state index in [4.69, 9.17) is 22.1 Å². The number of halogens is 3. The normalized spacial score (nSPS) is 12.4. The zero-order valence-corrected chi connectivity index (χ0v) is 16.8. The molecule has 0 spiro atoms. The summed E-state index contributed by atoms with van der Waals surface area (Å²) in [5.74, 6) is -1.34. The first-order valence-electron chi connectivity index (χ1n) is 9.23. The van der Waals surface area contributed by atoms with Gasteiger partial charge < -0.3 is 20.4 Å². The standard InChI is InChI=1S/C21H17ClF2N4O3/c22-19-18(31-10-13-2-3-14(23)8-15(13)24)5-6-27(20(19)29)9-12-1-4-17-16(7-12)26-11-28(17)21(25)30/h1-8,26H,9-11H2,(H2,25,30). The maximum Gasteiger partial charge on any atom is 0.320 e. The topological polar surface area (TPSA) is 89.6 Å². The Morgan fingerprint density at radius 3 is 2.74 bits per heavy atom. The van der Waals surface area contributed by atoms with E-state index in [1.165, 1.54) is 27.8 Å². The summed E-state index contributed by atoms with van der Waals surface area (Å²) in [7, 11) is 0. The molecule has 10 heteroatoms. The van der Waals surface area contributed by atoms with Gasteiger partial charge in [-0.1, -0.05) is 17.7 Å². The molecule has 0 saturated carbocycles. The van der Waals surface area contributed by atoms with E-state index in [0.717, 1.165) is 23.4 Å². The minimum absolute atomic E-state index is 0.0966. The van der Waals surface area contributed by atoms with Crippen LogP contribution < -0.4 is 26.2 Å². The number of rotatable bonds is 5. The van der Waals surface area contributed by atoms with E-state index in [2.05, 4.69) is 5.32 Å². The van der Waals surface area contributed by atoms with Crippen LogP contribution in [-0.2, 0) is 13.2 Å². The Morgan fingerprint density at radius 1 is 1.19 bits per heavy atom. The highest BCUT2D eigenvalue weighted by molar-refractivity contribution is 6.31. The second-order valence-electron chi connectivity index (χ2n) is 6.90. The fraction of sp³-hybridized carbons (Fsp3) is 0.143. The van der Waals surface area contributed by atoms with Crippen LogP contribution in [-0.4, -0.2) is 17.3 Å². The maximum absolute atomic E-state index is 13.7. The van der Waals surface area contributed by atoms with Crippen LogP contribution in [0.2, 0.25) is 5.02 Å². The SMILES string of the molecule is NC(=O)N1CNc2cc(Cn3ccc(OCc4ccc(F)cc4F)c(Cl)c3=O)ccc21. The van der Waals surface area contributed by atoms with Crippen molar-refractivity contribution in [1.82, 2.24) is 4.57 Å². The van der Waals surface area contributed by atoms with Crippen molar-refractivity contribution in [3.05, 3.63) is 86.8 Å². The lowest BCUT2D eigenvalue weighted by Crippen LogP contribution is -2.35. The van der Waals surface area contributed by atoms with Gasteiger partial charge in [0, 0.05) is 17.8 Å². The van der Waals surface area contributed by atoms with Gasteiger partial charge in [-0.15, -0.1) is 0 Å². The van der Waals surface area contributed by atoms with Crippen LogP contribution in [0.1, 0.15) is 11.1 Å². The summed E-state index contributed by atoms with van der Waals surface area (Å²) in [6, 6.07) is 9.44. The highest BCUT2D eigenvalue weighted by Crippen LogP contribution is 2.32. The highest BCUT2D eigenvalue weighted by Gasteiger charge is 2.22. The number of nitrogens with zero attached hydrogens (tertiary/aromatic N) is 2. The van der Waals surface area contributed by atoms with Crippen LogP contribution in [0.5, 0.6) is 5.75 Å². The summed E-state index contributed by atoms with van der Waals surface area (Å²) in [5, 5.41) is 2.92. The van der Waals surface area contributed by atoms with Gasteiger partial charge in [0.2, 0.25) is 0 Å². The number of benzene rings is 2. The molecule has 4 rings (SSSR count). The number of carbonyl (C=O) groups excluding carboxylic acids is 1. The average molecular weight is 447 g/mol. The van der Waals surface area contributed by atoms with Gasteiger partial charge in [-0.05, 0) is 35.9 Å². The van der Waals surface area contributed by atoms with Crippen LogP contribution in [0.25, 0.3) is 0 Å². The quantitative estimate of drug-likeness (QED) is 0.625. The van der Waals surface area contributed by atoms with Crippen LogP contribution >= 0.6 is 11.6 Å². The van der Waals surface area contributed by atoms with Crippen molar-refractivity contribution in [2.45, 2.75) is 13.2 Å². The fourth-order valence-corrected chi connectivity index (χ4v) is 3.49. The van der Waals surface area contributed by atoms with Gasteiger partial charge in [-0.3, -0.25) is 9.69 Å². The third-order valence-electron chi connectivity index (χ3n) is 4.87. The van der Waals surface area contributed by atoms with Gasteiger partial charge in [-0.2, -0.15) is 0 Å². The summed E-state index contributed by atoms with van der Waals surface area (Å²) in [4.78, 5) is 25.5. The Bertz CT molecular complexity index is 1230. The molecule has 1 aliphatic heterocycles. The predicted octanol–water partition coefficient (Wildman–Crippen LogP) is 3.68. The lowest BCUT2D eigenvalue weighted by atomic mass is 10.1. The summed E-state index contributed by atoms with van der Waals surface area (Å²) in [5.41, 5.74) is 7.20. The molecule has 31 heavy (non-hydrogen) atoms. The molecule has 0 bridgehead atoms. The number of carbonyl (C=O) groups is 1. The number of hydrogen-bond donors (Lipinski definition) is 2. The molecule has 160 valence electrons. The van der Waals surface area contributed by atoms with E-state index in [1.807, 2.05) is 6.07 Å². The van der Waals surface area contributed by atoms with Crippen LogP contribution in [0.4, 0.5) is 25.0 Å². The van der Waals surface area contributed by atoms with Gasteiger partial charge in [0.15, 0.2) is 0 Å². The third-order valence-corrected chi connectivity index (χ3v) is 5.22. The van der Waals surface area contributed by atoms with E-state index in [0.29, 0.717) is 5.69 Å². The molecule has 3 N–H and O–H groups in total. The number of hydrogen-bond acceptors (Lipinski definition) is 4. The van der Waals surface area contributed by atoms with Crippen molar-refractivity contribution >= 4 is 29.0 Å². The number of primary amides is 1. The van der Waals surface area contributed by atoms with E-state index in [-0.39, 0.29) is 36.2 Å². The number of aromatic nitrogens is 1. The average Bonchev–Trinajstić information content (AvgIpc) is 3.15. The molecule has 7 nitrogen and oxygen atoms in total. The number of pyridine rings is 1. The molecule has 2 heterocycles. The highest BCUT2D eigenvalue weighted by atomic mass is 35.5. The molecular formula is C21H17ClF2N4O3. The Balaban J connectivity index is 1.50. The van der Waals surface area contributed by atoms with E-state index in [9.17, 15) is 18.4 Å². The van der Waals surface area contributed by atoms with Crippen LogP contribution in [0.3, 0.4) is 0 Å². The molecule has 0 atom stereocenters. The number of amides is 2. The van der Waals surface area contributed by atoms with Crippen molar-refractivity contribution in [2.75, 3.05) is 16.9 Å². The Kier molecular flexibility index (Phi) is 5.51. The first-order chi connectivity index (χ1) is 14.8. The minimum Gasteiger partial charge on any atom is -0.487 e. The number of nitrogens with two attached hydrogens (primary N) is 1. The van der Waals surface area contributed by atoms with Crippen molar-refractivity contribution in [3.8, 4) is 5.75 Å². The monoisotopic (exact) mass is 446 g/mol. The smallest absolute Gasteiger partial charge is 0.320 e. The zero-order valence-electron chi connectivity index (χ0n) is 16.1. The molecule has 1 aromatic heterocycles. The number of anilines is 2. The largest absolute Gasteiger partial charge is 0.487 e. The fourth-order valence-electron chi connectivity index (χ4n) is 3.26. The molecule has 0 fully saturated rings. The molecule has 0 aliphatic carbocycles. The molecule has 0 unspecified atom stereocenters. The summed E-state index contributed by atoms with van der Waals surface area (Å²) >= 11 is 6.16. The number of fused-ring (bicyclic) bond motifs is 1. The van der Waals surface area contributed by atoms with Gasteiger partial charge in [0.1, 0.15) is 29.0 Å². The maximum atomic E-state index is 13.7. The molecule has 2 amide bonds. The predicted molar refractivity (Wildman–Crippen MR) is 112 cm³/mol. The Morgan fingerprint density at radius 2 is 2.00 bits per heavy atom. The van der Waals surface area contributed by atoms with Gasteiger partial charge in [-0.25, -0.2) is 13.6 Å².